The van der Waals surface area contributed by atoms with Gasteiger partial charge < -0.3 is 9.32 Å². The van der Waals surface area contributed by atoms with E-state index >= 15 is 0 Å². The molecule has 0 aliphatic heterocycles. The monoisotopic (exact) mass is 587 g/mol. The van der Waals surface area contributed by atoms with Crippen LogP contribution in [0, 0.1) is 0 Å². The van der Waals surface area contributed by atoms with Crippen molar-refractivity contribution >= 4 is 60.5 Å². The molecule has 0 fully saturated rings. The molecule has 0 radical (unpaired) electrons. The Morgan fingerprint density at radius 2 is 1.00 bits per heavy atom. The molecule has 0 saturated heterocycles. The van der Waals surface area contributed by atoms with Crippen LogP contribution in [0.25, 0.3) is 65.7 Å². The molecule has 2 nitrogen and oxygen atoms in total. The summed E-state index contributed by atoms with van der Waals surface area (Å²) in [6.45, 7) is 0. The van der Waals surface area contributed by atoms with Crippen molar-refractivity contribution in [2.75, 3.05) is 4.90 Å². The Balaban J connectivity index is 1.23. The number of hydrogen-bond donors (Lipinski definition) is 0. The number of anilines is 3. The minimum absolute atomic E-state index is 0.897. The Bertz CT molecular complexity index is 2510. The number of hydrogen-bond acceptors (Lipinski definition) is 2. The van der Waals surface area contributed by atoms with Crippen LogP contribution in [-0.2, 0) is 0 Å². The highest BCUT2D eigenvalue weighted by molar-refractivity contribution is 6.22. The number of furan rings is 1. The molecule has 9 rings (SSSR count). The van der Waals surface area contributed by atoms with Gasteiger partial charge in [-0.25, -0.2) is 0 Å². The molecule has 9 aromatic rings. The Labute approximate surface area is 267 Å². The average Bonchev–Trinajstić information content (AvgIpc) is 3.52. The zero-order chi connectivity index (χ0) is 30.5. The maximum absolute atomic E-state index is 6.63. The molecule has 0 unspecified atom stereocenters. The van der Waals surface area contributed by atoms with Gasteiger partial charge in [0.1, 0.15) is 11.2 Å². The van der Waals surface area contributed by atoms with Gasteiger partial charge in [-0.15, -0.1) is 0 Å². The van der Waals surface area contributed by atoms with Crippen LogP contribution in [0.1, 0.15) is 0 Å². The Morgan fingerprint density at radius 3 is 1.80 bits per heavy atom. The predicted octanol–water partition coefficient (Wildman–Crippen LogP) is 12.7. The van der Waals surface area contributed by atoms with E-state index in [0.29, 0.717) is 0 Å². The first kappa shape index (κ1) is 26.3. The van der Waals surface area contributed by atoms with Gasteiger partial charge in [-0.2, -0.15) is 0 Å². The van der Waals surface area contributed by atoms with Gasteiger partial charge in [-0.05, 0) is 75.5 Å². The van der Waals surface area contributed by atoms with Crippen LogP contribution in [0.3, 0.4) is 0 Å². The maximum Gasteiger partial charge on any atom is 0.143 e. The molecule has 0 saturated carbocycles. The van der Waals surface area contributed by atoms with Crippen molar-refractivity contribution in [2.45, 2.75) is 0 Å². The Hall–Kier alpha value is -6.12. The van der Waals surface area contributed by atoms with Gasteiger partial charge in [0.05, 0.1) is 5.69 Å². The predicted molar refractivity (Wildman–Crippen MR) is 194 cm³/mol. The summed E-state index contributed by atoms with van der Waals surface area (Å²) in [7, 11) is 0. The molecule has 0 spiro atoms. The van der Waals surface area contributed by atoms with Crippen molar-refractivity contribution < 1.29 is 4.42 Å². The third kappa shape index (κ3) is 4.27. The summed E-state index contributed by atoms with van der Waals surface area (Å²) >= 11 is 0. The fourth-order valence-corrected chi connectivity index (χ4v) is 6.94. The summed E-state index contributed by atoms with van der Waals surface area (Å²) in [5, 5.41) is 7.04. The molecule has 0 N–H and O–H groups in total. The summed E-state index contributed by atoms with van der Waals surface area (Å²) in [5.41, 5.74) is 9.93. The van der Waals surface area contributed by atoms with Gasteiger partial charge in [0.25, 0.3) is 0 Å². The fraction of sp³-hybridized carbons (Fsp3) is 0. The van der Waals surface area contributed by atoms with E-state index in [9.17, 15) is 0 Å². The van der Waals surface area contributed by atoms with Crippen molar-refractivity contribution in [3.63, 3.8) is 0 Å². The van der Waals surface area contributed by atoms with Gasteiger partial charge in [-0.3, -0.25) is 0 Å². The maximum atomic E-state index is 6.63. The van der Waals surface area contributed by atoms with Crippen molar-refractivity contribution in [2.24, 2.45) is 0 Å². The number of benzene rings is 8. The van der Waals surface area contributed by atoms with E-state index in [4.69, 9.17) is 4.42 Å². The van der Waals surface area contributed by atoms with E-state index in [1.165, 1.54) is 27.3 Å². The minimum atomic E-state index is 0.897. The molecule has 1 aromatic heterocycles. The van der Waals surface area contributed by atoms with Crippen molar-refractivity contribution in [3.05, 3.63) is 176 Å². The highest BCUT2D eigenvalue weighted by Gasteiger charge is 2.19. The average molecular weight is 588 g/mol. The summed E-state index contributed by atoms with van der Waals surface area (Å²) < 4.78 is 6.63. The first-order chi connectivity index (χ1) is 22.8. The molecule has 0 atom stereocenters. The number of fused-ring (bicyclic) bond motifs is 6. The SMILES string of the molecule is c1ccc(-c2cc3c(oc4cccc(-c5ccc(N(c6ccccc6)c6cccc7ccccc67)cc5)c43)c3ccccc23)cc1. The molecule has 8 aromatic carbocycles. The number of rotatable bonds is 5. The topological polar surface area (TPSA) is 16.4 Å². The van der Waals surface area contributed by atoms with Crippen molar-refractivity contribution in [3.8, 4) is 22.3 Å². The van der Waals surface area contributed by atoms with Gasteiger partial charge in [-0.1, -0.05) is 133 Å². The molecule has 0 aliphatic rings. The van der Waals surface area contributed by atoms with Gasteiger partial charge >= 0.3 is 0 Å². The smallest absolute Gasteiger partial charge is 0.143 e. The second-order valence-corrected chi connectivity index (χ2v) is 11.7. The summed E-state index contributed by atoms with van der Waals surface area (Å²) in [4.78, 5) is 2.35. The fourth-order valence-electron chi connectivity index (χ4n) is 6.94. The van der Waals surface area contributed by atoms with E-state index in [1.54, 1.807) is 0 Å². The van der Waals surface area contributed by atoms with Crippen LogP contribution in [0.5, 0.6) is 0 Å². The Morgan fingerprint density at radius 1 is 0.391 bits per heavy atom. The standard InChI is InChI=1S/C44H29NO/c1-3-13-31(14-4-1)39-29-40-43-36(22-12-24-42(43)46-44(40)38-21-10-9-20-37(38)39)32-25-27-34(28-26-32)45(33-17-5-2-6-18-33)41-23-11-16-30-15-7-8-19-35(30)41/h1-29H. The molecular formula is C44H29NO. The lowest BCUT2D eigenvalue weighted by molar-refractivity contribution is 0.673. The van der Waals surface area contributed by atoms with Gasteiger partial charge in [0.15, 0.2) is 0 Å². The van der Waals surface area contributed by atoms with Gasteiger partial charge in [0, 0.05) is 32.9 Å². The van der Waals surface area contributed by atoms with Crippen LogP contribution >= 0.6 is 0 Å². The third-order valence-corrected chi connectivity index (χ3v) is 9.05. The first-order valence-electron chi connectivity index (χ1n) is 15.7. The van der Waals surface area contributed by atoms with Crippen LogP contribution in [0.2, 0.25) is 0 Å². The lowest BCUT2D eigenvalue weighted by Gasteiger charge is -2.27. The molecule has 0 bridgehead atoms. The molecule has 46 heavy (non-hydrogen) atoms. The van der Waals surface area contributed by atoms with Crippen LogP contribution < -0.4 is 4.90 Å². The molecule has 1 heterocycles. The zero-order valence-corrected chi connectivity index (χ0v) is 25.1. The van der Waals surface area contributed by atoms with E-state index in [-0.39, 0.29) is 0 Å². The van der Waals surface area contributed by atoms with Crippen LogP contribution in [-0.4, -0.2) is 0 Å². The molecule has 0 amide bonds. The van der Waals surface area contributed by atoms with Crippen molar-refractivity contribution in [1.29, 1.82) is 0 Å². The van der Waals surface area contributed by atoms with E-state index in [1.807, 2.05) is 0 Å². The molecular weight excluding hydrogens is 558 g/mol. The van der Waals surface area contributed by atoms with E-state index < -0.39 is 0 Å². The van der Waals surface area contributed by atoms with E-state index in [0.717, 1.165) is 55.5 Å². The van der Waals surface area contributed by atoms with Crippen LogP contribution in [0.4, 0.5) is 17.1 Å². The van der Waals surface area contributed by atoms with Crippen LogP contribution in [0.15, 0.2) is 180 Å². The number of para-hydroxylation sites is 1. The van der Waals surface area contributed by atoms with Crippen molar-refractivity contribution in [1.82, 2.24) is 0 Å². The first-order valence-corrected chi connectivity index (χ1v) is 15.7. The third-order valence-electron chi connectivity index (χ3n) is 9.05. The molecule has 2 heteroatoms. The lowest BCUT2D eigenvalue weighted by Crippen LogP contribution is -2.10. The summed E-state index contributed by atoms with van der Waals surface area (Å²) in [5.74, 6) is 0. The zero-order valence-electron chi connectivity index (χ0n) is 25.1. The van der Waals surface area contributed by atoms with E-state index in [2.05, 4.69) is 181 Å². The number of nitrogens with zero attached hydrogens (tertiary/aromatic N) is 1. The summed E-state index contributed by atoms with van der Waals surface area (Å²) in [6, 6.07) is 62.6. The molecule has 216 valence electrons. The van der Waals surface area contributed by atoms with Gasteiger partial charge in [0.2, 0.25) is 0 Å². The largest absolute Gasteiger partial charge is 0.455 e. The quantitative estimate of drug-likeness (QED) is 0.199. The molecule has 0 aliphatic carbocycles. The lowest BCUT2D eigenvalue weighted by atomic mass is 9.93. The minimum Gasteiger partial charge on any atom is -0.455 e. The normalized spacial score (nSPS) is 11.5. The summed E-state index contributed by atoms with van der Waals surface area (Å²) in [6.07, 6.45) is 0. The highest BCUT2D eigenvalue weighted by Crippen LogP contribution is 2.44. The Kier molecular flexibility index (Phi) is 6.17. The second kappa shape index (κ2) is 10.8. The highest BCUT2D eigenvalue weighted by atomic mass is 16.3. The second-order valence-electron chi connectivity index (χ2n) is 11.7.